The molecule has 3 aromatic carbocycles. The van der Waals surface area contributed by atoms with E-state index in [1.165, 1.54) is 16.4 Å². The maximum atomic E-state index is 12.9. The van der Waals surface area contributed by atoms with Crippen LogP contribution in [0.3, 0.4) is 0 Å². The molecule has 0 bridgehead atoms. The molecule has 0 saturated carbocycles. The lowest BCUT2D eigenvalue weighted by molar-refractivity contribution is -0.128. The molecule has 35 heavy (non-hydrogen) atoms. The van der Waals surface area contributed by atoms with Gasteiger partial charge < -0.3 is 9.47 Å². The first-order valence-corrected chi connectivity index (χ1v) is 12.5. The smallest absolute Gasteiger partial charge is 0.265 e. The van der Waals surface area contributed by atoms with E-state index in [2.05, 4.69) is 58.8 Å². The summed E-state index contributed by atoms with van der Waals surface area (Å²) in [6.45, 7) is 6.54. The summed E-state index contributed by atoms with van der Waals surface area (Å²) >= 11 is 7.28. The number of carbonyl (C=O) groups excluding carboxylic acids is 2. The van der Waals surface area contributed by atoms with Crippen LogP contribution in [0, 0.1) is 3.57 Å². The van der Waals surface area contributed by atoms with E-state index in [1.807, 2.05) is 31.2 Å². The quantitative estimate of drug-likeness (QED) is 0.127. The van der Waals surface area contributed by atoms with Crippen molar-refractivity contribution >= 4 is 68.6 Å². The third-order valence-electron chi connectivity index (χ3n) is 5.34. The van der Waals surface area contributed by atoms with E-state index < -0.39 is 11.8 Å². The monoisotopic (exact) mass is 598 g/mol. The fourth-order valence-electron chi connectivity index (χ4n) is 3.71. The molecule has 1 aliphatic heterocycles. The molecule has 1 N–H and O–H groups in total. The first-order chi connectivity index (χ1) is 16.9. The number of nitrogens with one attached hydrogen (secondary N) is 1. The normalized spacial score (nSPS) is 14.9. The van der Waals surface area contributed by atoms with Crippen LogP contribution in [0.15, 0.2) is 72.8 Å². The minimum absolute atomic E-state index is 0.0106. The molecular formula is C27H23IN2O4S. The first kappa shape index (κ1) is 24.9. The number of fused-ring (bicyclic) bond motifs is 1. The highest BCUT2D eigenvalue weighted by Crippen LogP contribution is 2.36. The summed E-state index contributed by atoms with van der Waals surface area (Å²) in [4.78, 5) is 26.6. The molecule has 1 fully saturated rings. The molecule has 8 heteroatoms. The summed E-state index contributed by atoms with van der Waals surface area (Å²) in [5.41, 5.74) is 1.67. The average molecular weight is 598 g/mol. The van der Waals surface area contributed by atoms with E-state index in [9.17, 15) is 9.59 Å². The number of benzene rings is 3. The standard InChI is InChI=1S/C27H23IN2O4S/c1-3-11-30-26(32)21(25(31)29-27(30)35)13-18-14-22(28)24(23(15-18)33-4-2)34-16-17-9-10-19-7-5-6-8-20(19)12-17/h3,5-10,12-15H,1,4,11,16H2,2H3,(H,29,31,35)/b21-13+. The lowest BCUT2D eigenvalue weighted by Gasteiger charge is -2.27. The SMILES string of the molecule is C=CCN1C(=O)/C(=C/c2cc(I)c(OCc3ccc4ccccc4c3)c(OCC)c2)C(=O)NC1=S. The Labute approximate surface area is 222 Å². The number of hydrogen-bond acceptors (Lipinski definition) is 5. The van der Waals surface area contributed by atoms with Crippen LogP contribution in [0.2, 0.25) is 0 Å². The van der Waals surface area contributed by atoms with Crippen molar-refractivity contribution in [2.75, 3.05) is 13.2 Å². The van der Waals surface area contributed by atoms with Crippen molar-refractivity contribution in [1.82, 2.24) is 10.2 Å². The van der Waals surface area contributed by atoms with Crippen LogP contribution in [-0.2, 0) is 16.2 Å². The summed E-state index contributed by atoms with van der Waals surface area (Å²) in [5, 5.41) is 4.95. The van der Waals surface area contributed by atoms with E-state index in [4.69, 9.17) is 21.7 Å². The number of carbonyl (C=O) groups is 2. The molecule has 0 aliphatic carbocycles. The lowest BCUT2D eigenvalue weighted by Crippen LogP contribution is -2.53. The molecule has 0 aromatic heterocycles. The number of nitrogens with zero attached hydrogens (tertiary/aromatic N) is 1. The van der Waals surface area contributed by atoms with Gasteiger partial charge in [-0.15, -0.1) is 6.58 Å². The van der Waals surface area contributed by atoms with E-state index in [-0.39, 0.29) is 17.2 Å². The van der Waals surface area contributed by atoms with Crippen LogP contribution in [0.25, 0.3) is 16.8 Å². The van der Waals surface area contributed by atoms with Gasteiger partial charge in [-0.05, 0) is 87.9 Å². The highest BCUT2D eigenvalue weighted by Gasteiger charge is 2.32. The van der Waals surface area contributed by atoms with Crippen molar-refractivity contribution in [3.8, 4) is 11.5 Å². The molecule has 3 aromatic rings. The van der Waals surface area contributed by atoms with E-state index in [0.717, 1.165) is 14.5 Å². The third-order valence-corrected chi connectivity index (χ3v) is 6.46. The highest BCUT2D eigenvalue weighted by molar-refractivity contribution is 14.1. The van der Waals surface area contributed by atoms with Crippen molar-refractivity contribution in [2.45, 2.75) is 13.5 Å². The Morgan fingerprint density at radius 3 is 2.60 bits per heavy atom. The molecule has 6 nitrogen and oxygen atoms in total. The molecule has 0 radical (unpaired) electrons. The molecule has 178 valence electrons. The van der Waals surface area contributed by atoms with Gasteiger partial charge >= 0.3 is 0 Å². The third kappa shape index (κ3) is 5.54. The molecule has 2 amide bonds. The predicted molar refractivity (Wildman–Crippen MR) is 149 cm³/mol. The Hall–Kier alpha value is -3.24. The maximum absolute atomic E-state index is 12.9. The molecule has 0 spiro atoms. The molecule has 4 rings (SSSR count). The summed E-state index contributed by atoms with van der Waals surface area (Å²) in [6.07, 6.45) is 3.09. The van der Waals surface area contributed by atoms with Crippen LogP contribution >= 0.6 is 34.8 Å². The zero-order valence-electron chi connectivity index (χ0n) is 19.0. The molecule has 1 aliphatic rings. The zero-order valence-corrected chi connectivity index (χ0v) is 22.0. The van der Waals surface area contributed by atoms with E-state index in [1.54, 1.807) is 12.1 Å². The molecule has 1 heterocycles. The number of halogens is 1. The van der Waals surface area contributed by atoms with Gasteiger partial charge in [-0.3, -0.25) is 19.8 Å². The second-order valence-corrected chi connectivity index (χ2v) is 9.30. The molecule has 0 atom stereocenters. The van der Waals surface area contributed by atoms with Crippen LogP contribution in [0.4, 0.5) is 0 Å². The van der Waals surface area contributed by atoms with Gasteiger partial charge in [0.2, 0.25) is 0 Å². The lowest BCUT2D eigenvalue weighted by atomic mass is 10.1. The second kappa shape index (κ2) is 11.0. The number of ether oxygens (including phenoxy) is 2. The van der Waals surface area contributed by atoms with Gasteiger partial charge in [0.1, 0.15) is 12.2 Å². The second-order valence-electron chi connectivity index (χ2n) is 7.75. The molecule has 1 saturated heterocycles. The van der Waals surface area contributed by atoms with Gasteiger partial charge in [0.05, 0.1) is 10.2 Å². The predicted octanol–water partition coefficient (Wildman–Crippen LogP) is 5.23. The first-order valence-electron chi connectivity index (χ1n) is 11.0. The van der Waals surface area contributed by atoms with Crippen LogP contribution in [-0.4, -0.2) is 35.0 Å². The highest BCUT2D eigenvalue weighted by atomic mass is 127. The van der Waals surface area contributed by atoms with Crippen molar-refractivity contribution in [1.29, 1.82) is 0 Å². The number of amides is 2. The summed E-state index contributed by atoms with van der Waals surface area (Å²) in [5.74, 6) is 0.138. The van der Waals surface area contributed by atoms with Gasteiger partial charge in [-0.2, -0.15) is 0 Å². The van der Waals surface area contributed by atoms with Gasteiger partial charge in [0.15, 0.2) is 16.6 Å². The van der Waals surface area contributed by atoms with Gasteiger partial charge in [0, 0.05) is 6.54 Å². The summed E-state index contributed by atoms with van der Waals surface area (Å²) in [6, 6.07) is 18.0. The molecule has 0 unspecified atom stereocenters. The van der Waals surface area contributed by atoms with Crippen molar-refractivity contribution in [2.24, 2.45) is 0 Å². The van der Waals surface area contributed by atoms with E-state index in [0.29, 0.717) is 30.3 Å². The van der Waals surface area contributed by atoms with Crippen molar-refractivity contribution < 1.29 is 19.1 Å². The Morgan fingerprint density at radius 1 is 1.09 bits per heavy atom. The Bertz CT molecular complexity index is 1370. The fraction of sp³-hybridized carbons (Fsp3) is 0.148. The van der Waals surface area contributed by atoms with Crippen molar-refractivity contribution in [3.63, 3.8) is 0 Å². The summed E-state index contributed by atoms with van der Waals surface area (Å²) in [7, 11) is 0. The van der Waals surface area contributed by atoms with Gasteiger partial charge in [-0.1, -0.05) is 42.5 Å². The summed E-state index contributed by atoms with van der Waals surface area (Å²) < 4.78 is 12.8. The zero-order chi connectivity index (χ0) is 24.9. The molecular weight excluding hydrogens is 575 g/mol. The number of thiocarbonyl (C=S) groups is 1. The minimum atomic E-state index is -0.537. The maximum Gasteiger partial charge on any atom is 0.265 e. The van der Waals surface area contributed by atoms with Gasteiger partial charge in [0.25, 0.3) is 11.8 Å². The Kier molecular flexibility index (Phi) is 7.82. The van der Waals surface area contributed by atoms with Crippen LogP contribution in [0.1, 0.15) is 18.1 Å². The largest absolute Gasteiger partial charge is 0.490 e. The average Bonchev–Trinajstić information content (AvgIpc) is 2.84. The van der Waals surface area contributed by atoms with Crippen LogP contribution in [0.5, 0.6) is 11.5 Å². The fourth-order valence-corrected chi connectivity index (χ4v) is 4.75. The van der Waals surface area contributed by atoms with E-state index >= 15 is 0 Å². The minimum Gasteiger partial charge on any atom is -0.490 e. The number of hydrogen-bond donors (Lipinski definition) is 1. The topological polar surface area (TPSA) is 67.9 Å². The van der Waals surface area contributed by atoms with Gasteiger partial charge in [-0.25, -0.2) is 0 Å². The Morgan fingerprint density at radius 2 is 1.86 bits per heavy atom. The number of rotatable bonds is 8. The van der Waals surface area contributed by atoms with Crippen LogP contribution < -0.4 is 14.8 Å². The Balaban J connectivity index is 1.62. The van der Waals surface area contributed by atoms with Crippen molar-refractivity contribution in [3.05, 3.63) is 87.5 Å².